The fraction of sp³-hybridized carbons (Fsp3) is 0.571. The van der Waals surface area contributed by atoms with E-state index in [0.717, 1.165) is 25.1 Å². The molecule has 1 aromatic rings. The first-order chi connectivity index (χ1) is 9.54. The van der Waals surface area contributed by atoms with E-state index in [-0.39, 0.29) is 23.3 Å². The number of carbonyl (C=O) groups excluding carboxylic acids is 1. The van der Waals surface area contributed by atoms with Crippen LogP contribution in [0.2, 0.25) is 0 Å². The molecule has 1 rings (SSSR count). The molecule has 0 unspecified atom stereocenters. The van der Waals surface area contributed by atoms with Crippen LogP contribution in [0.5, 0.6) is 0 Å². The number of halogens is 1. The van der Waals surface area contributed by atoms with E-state index in [9.17, 15) is 9.18 Å². The fourth-order valence-electron chi connectivity index (χ4n) is 2.14. The van der Waals surface area contributed by atoms with Crippen LogP contribution in [0.3, 0.4) is 0 Å². The maximum atomic E-state index is 13.3. The van der Waals surface area contributed by atoms with Crippen molar-refractivity contribution in [2.75, 3.05) is 26.0 Å². The molecule has 1 amide bonds. The molecule has 1 heterocycles. The lowest BCUT2D eigenvalue weighted by Crippen LogP contribution is -2.42. The molecule has 0 radical (unpaired) electrons. The van der Waals surface area contributed by atoms with Crippen molar-refractivity contribution < 1.29 is 13.9 Å². The maximum Gasteiger partial charge on any atom is 0.258 e. The molecule has 2 N–H and O–H groups in total. The van der Waals surface area contributed by atoms with Crippen LogP contribution in [0.25, 0.3) is 0 Å². The van der Waals surface area contributed by atoms with Gasteiger partial charge >= 0.3 is 0 Å². The van der Waals surface area contributed by atoms with Crippen molar-refractivity contribution >= 4 is 11.7 Å². The Balaban J connectivity index is 3.05. The van der Waals surface area contributed by atoms with E-state index in [1.54, 1.807) is 12.0 Å². The molecule has 20 heavy (non-hydrogen) atoms. The molecule has 0 spiro atoms. The van der Waals surface area contributed by atoms with Gasteiger partial charge in [0.15, 0.2) is 0 Å². The summed E-state index contributed by atoms with van der Waals surface area (Å²) in [5.41, 5.74) is 5.79. The van der Waals surface area contributed by atoms with Crippen molar-refractivity contribution in [1.82, 2.24) is 9.88 Å². The summed E-state index contributed by atoms with van der Waals surface area (Å²) in [6, 6.07) is 1.20. The van der Waals surface area contributed by atoms with Crippen molar-refractivity contribution in [2.45, 2.75) is 32.7 Å². The normalized spacial score (nSPS) is 10.8. The second kappa shape index (κ2) is 7.79. The quantitative estimate of drug-likeness (QED) is 0.832. The van der Waals surface area contributed by atoms with Crippen LogP contribution in [0, 0.1) is 5.82 Å². The number of hydrogen-bond acceptors (Lipinski definition) is 4. The van der Waals surface area contributed by atoms with Gasteiger partial charge in [-0.25, -0.2) is 9.37 Å². The highest BCUT2D eigenvalue weighted by molar-refractivity contribution is 5.98. The molecule has 5 nitrogen and oxygen atoms in total. The Bertz CT molecular complexity index is 450. The second-order valence-electron chi connectivity index (χ2n) is 4.55. The van der Waals surface area contributed by atoms with Gasteiger partial charge in [0.05, 0.1) is 18.4 Å². The number of nitrogen functional groups attached to an aromatic ring is 1. The predicted octanol–water partition coefficient (Wildman–Crippen LogP) is 2.08. The largest absolute Gasteiger partial charge is 0.383 e. The van der Waals surface area contributed by atoms with Gasteiger partial charge in [0.2, 0.25) is 0 Å². The highest BCUT2D eigenvalue weighted by Crippen LogP contribution is 2.17. The number of amides is 1. The van der Waals surface area contributed by atoms with Gasteiger partial charge < -0.3 is 15.4 Å². The molecule has 0 saturated carbocycles. The Morgan fingerprint density at radius 2 is 2.15 bits per heavy atom. The summed E-state index contributed by atoms with van der Waals surface area (Å²) in [5, 5.41) is 0. The Kier molecular flexibility index (Phi) is 6.38. The van der Waals surface area contributed by atoms with E-state index in [0.29, 0.717) is 13.2 Å². The number of nitrogens with zero attached hydrogens (tertiary/aromatic N) is 2. The molecule has 0 fully saturated rings. The molecule has 0 bridgehead atoms. The smallest absolute Gasteiger partial charge is 0.258 e. The predicted molar refractivity (Wildman–Crippen MR) is 75.9 cm³/mol. The zero-order chi connectivity index (χ0) is 15.1. The molecule has 1 aromatic heterocycles. The van der Waals surface area contributed by atoms with Gasteiger partial charge in [0.25, 0.3) is 5.91 Å². The number of pyridine rings is 1. The standard InChI is InChI=1S/C14H22FN3O2/c1-4-11(5-2)18(6-7-20-3)14(19)12-8-10(15)9-17-13(12)16/h8-9,11H,4-7H2,1-3H3,(H2,16,17). The van der Waals surface area contributed by atoms with Crippen molar-refractivity contribution in [3.8, 4) is 0 Å². The summed E-state index contributed by atoms with van der Waals surface area (Å²) >= 11 is 0. The Morgan fingerprint density at radius 3 is 2.70 bits per heavy atom. The van der Waals surface area contributed by atoms with E-state index in [2.05, 4.69) is 4.98 Å². The summed E-state index contributed by atoms with van der Waals surface area (Å²) in [6.45, 7) is 4.88. The van der Waals surface area contributed by atoms with Gasteiger partial charge in [-0.15, -0.1) is 0 Å². The third kappa shape index (κ3) is 3.90. The molecule has 6 heteroatoms. The van der Waals surface area contributed by atoms with Crippen LogP contribution in [0.15, 0.2) is 12.3 Å². The molecule has 112 valence electrons. The number of aromatic nitrogens is 1. The number of anilines is 1. The minimum absolute atomic E-state index is 0.0461. The summed E-state index contributed by atoms with van der Waals surface area (Å²) in [5.74, 6) is -0.830. The van der Waals surface area contributed by atoms with Crippen molar-refractivity contribution in [2.24, 2.45) is 0 Å². The van der Waals surface area contributed by atoms with E-state index in [1.807, 2.05) is 13.8 Å². The zero-order valence-electron chi connectivity index (χ0n) is 12.2. The van der Waals surface area contributed by atoms with E-state index < -0.39 is 5.82 Å². The third-order valence-electron chi connectivity index (χ3n) is 3.30. The molecule has 0 aromatic carbocycles. The number of ether oxygens (including phenoxy) is 1. The first kappa shape index (κ1) is 16.4. The lowest BCUT2D eigenvalue weighted by molar-refractivity contribution is 0.0589. The Labute approximate surface area is 118 Å². The van der Waals surface area contributed by atoms with Gasteiger partial charge in [-0.05, 0) is 18.9 Å². The van der Waals surface area contributed by atoms with Crippen molar-refractivity contribution in [3.63, 3.8) is 0 Å². The van der Waals surface area contributed by atoms with Gasteiger partial charge in [-0.2, -0.15) is 0 Å². The molecule has 0 aliphatic rings. The molecule has 0 aliphatic heterocycles. The van der Waals surface area contributed by atoms with Crippen molar-refractivity contribution in [3.05, 3.63) is 23.6 Å². The van der Waals surface area contributed by atoms with E-state index in [1.165, 1.54) is 0 Å². The van der Waals surface area contributed by atoms with Gasteiger partial charge in [-0.1, -0.05) is 13.8 Å². The highest BCUT2D eigenvalue weighted by Gasteiger charge is 2.24. The minimum atomic E-state index is -0.571. The maximum absolute atomic E-state index is 13.3. The van der Waals surface area contributed by atoms with E-state index in [4.69, 9.17) is 10.5 Å². The fourth-order valence-corrected chi connectivity index (χ4v) is 2.14. The Hall–Kier alpha value is -1.69. The summed E-state index contributed by atoms with van der Waals surface area (Å²) in [4.78, 5) is 17.9. The summed E-state index contributed by atoms with van der Waals surface area (Å²) in [6.07, 6.45) is 2.63. The molecular weight excluding hydrogens is 261 g/mol. The molecule has 0 saturated heterocycles. The zero-order valence-corrected chi connectivity index (χ0v) is 12.2. The number of carbonyl (C=O) groups is 1. The van der Waals surface area contributed by atoms with Gasteiger partial charge in [0, 0.05) is 19.7 Å². The monoisotopic (exact) mass is 283 g/mol. The highest BCUT2D eigenvalue weighted by atomic mass is 19.1. The van der Waals surface area contributed by atoms with Gasteiger partial charge in [-0.3, -0.25) is 4.79 Å². The summed E-state index contributed by atoms with van der Waals surface area (Å²) < 4.78 is 18.3. The SMILES string of the molecule is CCC(CC)N(CCOC)C(=O)c1cc(F)cnc1N. The summed E-state index contributed by atoms with van der Waals surface area (Å²) in [7, 11) is 1.58. The number of hydrogen-bond donors (Lipinski definition) is 1. The van der Waals surface area contributed by atoms with Gasteiger partial charge in [0.1, 0.15) is 11.6 Å². The second-order valence-corrected chi connectivity index (χ2v) is 4.55. The lowest BCUT2D eigenvalue weighted by atomic mass is 10.1. The van der Waals surface area contributed by atoms with Crippen LogP contribution in [0.4, 0.5) is 10.2 Å². The number of rotatable bonds is 7. The molecule has 0 aliphatic carbocycles. The number of methoxy groups -OCH3 is 1. The van der Waals surface area contributed by atoms with E-state index >= 15 is 0 Å². The topological polar surface area (TPSA) is 68.5 Å². The average Bonchev–Trinajstić information content (AvgIpc) is 2.45. The van der Waals surface area contributed by atoms with Crippen LogP contribution < -0.4 is 5.73 Å². The van der Waals surface area contributed by atoms with Crippen LogP contribution >= 0.6 is 0 Å². The first-order valence-electron chi connectivity index (χ1n) is 6.76. The first-order valence-corrected chi connectivity index (χ1v) is 6.76. The number of nitrogens with two attached hydrogens (primary N) is 1. The van der Waals surface area contributed by atoms with Crippen molar-refractivity contribution in [1.29, 1.82) is 0 Å². The van der Waals surface area contributed by atoms with Crippen LogP contribution in [-0.4, -0.2) is 42.1 Å². The molecular formula is C14H22FN3O2. The Morgan fingerprint density at radius 1 is 1.50 bits per heavy atom. The average molecular weight is 283 g/mol. The van der Waals surface area contributed by atoms with Crippen LogP contribution in [0.1, 0.15) is 37.0 Å². The minimum Gasteiger partial charge on any atom is -0.383 e. The third-order valence-corrected chi connectivity index (χ3v) is 3.30. The molecule has 0 atom stereocenters. The van der Waals surface area contributed by atoms with Crippen LogP contribution in [-0.2, 0) is 4.74 Å². The lowest BCUT2D eigenvalue weighted by Gasteiger charge is -2.30.